The number of pyridine rings is 2. The van der Waals surface area contributed by atoms with Gasteiger partial charge in [-0.2, -0.15) is 4.39 Å². The van der Waals surface area contributed by atoms with Crippen molar-refractivity contribution in [3.63, 3.8) is 0 Å². The molecule has 1 aromatic carbocycles. The lowest BCUT2D eigenvalue weighted by atomic mass is 9.71. The van der Waals surface area contributed by atoms with E-state index in [2.05, 4.69) is 15.0 Å². The first-order valence-corrected chi connectivity index (χ1v) is 13.9. The van der Waals surface area contributed by atoms with Gasteiger partial charge in [-0.15, -0.1) is 0 Å². The first-order chi connectivity index (χ1) is 19.2. The quantitative estimate of drug-likeness (QED) is 0.290. The number of nitrogens with one attached hydrogen (secondary N) is 1. The van der Waals surface area contributed by atoms with Gasteiger partial charge in [0.15, 0.2) is 5.78 Å². The van der Waals surface area contributed by atoms with Crippen LogP contribution in [-0.2, 0) is 12.8 Å². The molecule has 7 nitrogen and oxygen atoms in total. The maximum absolute atomic E-state index is 15.7. The molecule has 2 aliphatic carbocycles. The van der Waals surface area contributed by atoms with E-state index in [9.17, 15) is 14.0 Å². The minimum atomic E-state index is -0.730. The molecular formula is C30H26ClF2N5O2. The number of hydrogen-bond acceptors (Lipinski definition) is 5. The number of carbonyl (C=O) groups is 1. The van der Waals surface area contributed by atoms with E-state index in [4.69, 9.17) is 17.3 Å². The second-order valence-corrected chi connectivity index (χ2v) is 11.7. The average Bonchev–Trinajstić information content (AvgIpc) is 3.66. The van der Waals surface area contributed by atoms with Gasteiger partial charge in [0, 0.05) is 34.9 Å². The highest BCUT2D eigenvalue weighted by molar-refractivity contribution is 6.31. The van der Waals surface area contributed by atoms with Crippen LogP contribution in [0.25, 0.3) is 22.4 Å². The molecule has 10 heteroatoms. The van der Waals surface area contributed by atoms with E-state index in [1.54, 1.807) is 10.6 Å². The Balaban J connectivity index is 1.39. The molecule has 1 saturated carbocycles. The molecule has 1 atom stereocenters. The highest BCUT2D eigenvalue weighted by Crippen LogP contribution is 2.50. The highest BCUT2D eigenvalue weighted by atomic mass is 35.5. The average molecular weight is 562 g/mol. The van der Waals surface area contributed by atoms with Gasteiger partial charge in [-0.1, -0.05) is 30.5 Å². The maximum atomic E-state index is 15.7. The Bertz CT molecular complexity index is 1770. The Labute approximate surface area is 233 Å². The lowest BCUT2D eigenvalue weighted by Gasteiger charge is -2.33. The number of Topliss-reactive ketones (excluding diaryl/α,β-unsaturated/α-hetero) is 1. The van der Waals surface area contributed by atoms with Crippen LogP contribution in [0.4, 0.5) is 14.6 Å². The fourth-order valence-electron chi connectivity index (χ4n) is 7.13. The third kappa shape index (κ3) is 3.82. The molecule has 204 valence electrons. The van der Waals surface area contributed by atoms with Crippen molar-refractivity contribution >= 4 is 23.2 Å². The summed E-state index contributed by atoms with van der Waals surface area (Å²) in [4.78, 5) is 39.0. The van der Waals surface area contributed by atoms with Crippen LogP contribution in [0.2, 0.25) is 5.02 Å². The Morgan fingerprint density at radius 1 is 1.05 bits per heavy atom. The molecule has 1 fully saturated rings. The summed E-state index contributed by atoms with van der Waals surface area (Å²) in [7, 11) is 0. The van der Waals surface area contributed by atoms with Crippen molar-refractivity contribution in [3.05, 3.63) is 86.3 Å². The van der Waals surface area contributed by atoms with Gasteiger partial charge >= 0.3 is 0 Å². The van der Waals surface area contributed by atoms with E-state index in [0.29, 0.717) is 54.0 Å². The molecule has 0 saturated heterocycles. The third-order valence-corrected chi connectivity index (χ3v) is 9.18. The summed E-state index contributed by atoms with van der Waals surface area (Å²) in [6.45, 7) is 0. The number of aromatic amines is 1. The first-order valence-electron chi connectivity index (χ1n) is 13.5. The number of hydrogen-bond donors (Lipinski definition) is 2. The minimum Gasteiger partial charge on any atom is -0.384 e. The molecule has 0 radical (unpaired) electrons. The van der Waals surface area contributed by atoms with Gasteiger partial charge in [0.1, 0.15) is 17.5 Å². The van der Waals surface area contributed by atoms with Crippen LogP contribution in [0.5, 0.6) is 0 Å². The molecule has 0 amide bonds. The first kappa shape index (κ1) is 25.1. The summed E-state index contributed by atoms with van der Waals surface area (Å²) >= 11 is 6.23. The Hall–Kier alpha value is -3.85. The highest BCUT2D eigenvalue weighted by Gasteiger charge is 2.42. The van der Waals surface area contributed by atoms with Crippen molar-refractivity contribution in [1.29, 1.82) is 0 Å². The number of imidazole rings is 1. The Morgan fingerprint density at radius 2 is 1.85 bits per heavy atom. The molecule has 40 heavy (non-hydrogen) atoms. The summed E-state index contributed by atoms with van der Waals surface area (Å²) in [5.74, 6) is -0.867. The van der Waals surface area contributed by atoms with E-state index >= 15 is 4.39 Å². The summed E-state index contributed by atoms with van der Waals surface area (Å²) in [6, 6.07) is 7.29. The smallest absolute Gasteiger partial charge is 0.252 e. The Morgan fingerprint density at radius 3 is 2.62 bits per heavy atom. The van der Waals surface area contributed by atoms with Crippen LogP contribution in [0.15, 0.2) is 41.3 Å². The largest absolute Gasteiger partial charge is 0.384 e. The number of nitrogen functional groups attached to an aromatic ring is 1. The molecule has 1 aliphatic heterocycles. The molecule has 0 bridgehead atoms. The van der Waals surface area contributed by atoms with Gasteiger partial charge in [0.05, 0.1) is 28.5 Å². The van der Waals surface area contributed by atoms with Crippen LogP contribution in [-0.4, -0.2) is 25.3 Å². The molecule has 3 N–H and O–H groups in total. The summed E-state index contributed by atoms with van der Waals surface area (Å²) in [5.41, 5.74) is 7.94. The monoisotopic (exact) mass is 561 g/mol. The maximum Gasteiger partial charge on any atom is 0.252 e. The molecule has 4 heterocycles. The van der Waals surface area contributed by atoms with Crippen molar-refractivity contribution in [1.82, 2.24) is 19.5 Å². The minimum absolute atomic E-state index is 0.0378. The van der Waals surface area contributed by atoms with Crippen LogP contribution >= 0.6 is 11.6 Å². The molecule has 4 aromatic rings. The number of nitrogens with two attached hydrogens (primary N) is 1. The van der Waals surface area contributed by atoms with E-state index in [0.717, 1.165) is 31.2 Å². The van der Waals surface area contributed by atoms with E-state index < -0.39 is 17.8 Å². The van der Waals surface area contributed by atoms with Crippen molar-refractivity contribution in [2.45, 2.75) is 57.4 Å². The van der Waals surface area contributed by atoms with Crippen LogP contribution in [0, 0.1) is 17.2 Å². The molecule has 3 aliphatic rings. The van der Waals surface area contributed by atoms with Gasteiger partial charge in [-0.05, 0) is 61.3 Å². The summed E-state index contributed by atoms with van der Waals surface area (Å²) in [6.07, 6.45) is 7.24. The van der Waals surface area contributed by atoms with Crippen LogP contribution in [0.1, 0.15) is 72.0 Å². The number of ketones is 1. The number of rotatable bonds is 2. The topological polar surface area (TPSA) is 107 Å². The third-order valence-electron chi connectivity index (χ3n) is 8.89. The second kappa shape index (κ2) is 9.09. The summed E-state index contributed by atoms with van der Waals surface area (Å²) in [5, 5.41) is -0.0378. The van der Waals surface area contributed by atoms with Crippen LogP contribution in [0.3, 0.4) is 0 Å². The van der Waals surface area contributed by atoms with Crippen molar-refractivity contribution in [2.24, 2.45) is 5.41 Å². The zero-order valence-electron chi connectivity index (χ0n) is 21.6. The SMILES string of the molecule is Nc1ccc(-c2cnc([C@@H]3CCc4c5c(cc(=O)n43)-c3c(ccc(Cl)c3F)CC3(CCCC3)CC5=O)[nH]2)c(F)n1. The second-order valence-electron chi connectivity index (χ2n) is 11.3. The predicted octanol–water partition coefficient (Wildman–Crippen LogP) is 6.04. The number of carbonyl (C=O) groups excluding carboxylic acids is 1. The van der Waals surface area contributed by atoms with Gasteiger partial charge < -0.3 is 15.3 Å². The van der Waals surface area contributed by atoms with E-state index in [-0.39, 0.29) is 38.7 Å². The number of anilines is 1. The number of H-pyrrole nitrogens is 1. The number of benzene rings is 1. The van der Waals surface area contributed by atoms with Gasteiger partial charge in [0.25, 0.3) is 5.56 Å². The Kier molecular flexibility index (Phi) is 5.71. The molecule has 1 spiro atoms. The number of nitrogens with zero attached hydrogens (tertiary/aromatic N) is 3. The number of aromatic nitrogens is 4. The van der Waals surface area contributed by atoms with E-state index in [1.807, 2.05) is 6.07 Å². The fourth-order valence-corrected chi connectivity index (χ4v) is 7.28. The van der Waals surface area contributed by atoms with Gasteiger partial charge in [-0.25, -0.2) is 14.4 Å². The lowest BCUT2D eigenvalue weighted by Crippen LogP contribution is -2.31. The lowest BCUT2D eigenvalue weighted by molar-refractivity contribution is 0.0908. The predicted molar refractivity (Wildman–Crippen MR) is 147 cm³/mol. The van der Waals surface area contributed by atoms with Crippen molar-refractivity contribution < 1.29 is 13.6 Å². The normalized spacial score (nSPS) is 19.3. The zero-order valence-corrected chi connectivity index (χ0v) is 22.3. The zero-order chi connectivity index (χ0) is 27.8. The van der Waals surface area contributed by atoms with E-state index in [1.165, 1.54) is 24.4 Å². The van der Waals surface area contributed by atoms with Gasteiger partial charge in [-0.3, -0.25) is 9.59 Å². The van der Waals surface area contributed by atoms with Gasteiger partial charge in [0.2, 0.25) is 5.95 Å². The number of fused-ring (bicyclic) bond motifs is 5. The molecular weight excluding hydrogens is 536 g/mol. The molecule has 0 unspecified atom stereocenters. The molecule has 3 aromatic heterocycles. The van der Waals surface area contributed by atoms with Crippen molar-refractivity contribution in [2.75, 3.05) is 5.73 Å². The number of halogens is 3. The van der Waals surface area contributed by atoms with Crippen molar-refractivity contribution in [3.8, 4) is 22.4 Å². The standard InChI is InChI=1S/C30H26ClF2N5O2/c31-18-5-3-15-12-30(9-1-2-10-30)13-22(39)26-17(25(15)27(18)32)11-24(40)38-20(26)6-7-21(38)29-35-14-19(36-29)16-4-8-23(34)37-28(16)33/h3-5,8,11,14,21H,1-2,6-7,9-10,12-13H2,(H2,34,37)(H,35,36)/t21-/m0/s1. The fraction of sp³-hybridized carbons (Fsp3) is 0.333. The summed E-state index contributed by atoms with van der Waals surface area (Å²) < 4.78 is 31.8. The van der Waals surface area contributed by atoms with Crippen LogP contribution < -0.4 is 11.3 Å². The molecule has 7 rings (SSSR count).